The number of carbonyl (C=O) groups is 1. The normalized spacial score (nSPS) is 19.3. The lowest BCUT2D eigenvalue weighted by Gasteiger charge is -2.35. The minimum Gasteiger partial charge on any atom is -0.333 e. The number of carbonyl (C=O) groups excluding carboxylic acids is 1. The van der Waals surface area contributed by atoms with Crippen LogP contribution in [0.25, 0.3) is 0 Å². The lowest BCUT2D eigenvalue weighted by Crippen LogP contribution is -2.45. The minimum atomic E-state index is -0.0237. The van der Waals surface area contributed by atoms with Gasteiger partial charge >= 0.3 is 0 Å². The number of hydrogen-bond acceptors (Lipinski definition) is 4. The first kappa shape index (κ1) is 15.0. The van der Waals surface area contributed by atoms with Crippen LogP contribution in [-0.4, -0.2) is 52.2 Å². The first-order valence-electron chi connectivity index (χ1n) is 7.63. The molecule has 1 aromatic heterocycles. The second-order valence-corrected chi connectivity index (χ2v) is 5.40. The van der Waals surface area contributed by atoms with E-state index >= 15 is 0 Å². The summed E-state index contributed by atoms with van der Waals surface area (Å²) in [5.41, 5.74) is 0. The molecule has 1 fully saturated rings. The highest BCUT2D eigenvalue weighted by atomic mass is 16.2. The molecule has 1 amide bonds. The van der Waals surface area contributed by atoms with Crippen molar-refractivity contribution in [2.75, 3.05) is 20.1 Å². The van der Waals surface area contributed by atoms with E-state index in [0.29, 0.717) is 11.9 Å². The summed E-state index contributed by atoms with van der Waals surface area (Å²) in [4.78, 5) is 18.8. The van der Waals surface area contributed by atoms with Crippen LogP contribution in [0.2, 0.25) is 0 Å². The summed E-state index contributed by atoms with van der Waals surface area (Å²) < 4.78 is 0. The fourth-order valence-electron chi connectivity index (χ4n) is 2.75. The molecule has 2 heterocycles. The van der Waals surface area contributed by atoms with Crippen molar-refractivity contribution >= 4 is 5.91 Å². The van der Waals surface area contributed by atoms with Crippen LogP contribution >= 0.6 is 0 Å². The van der Waals surface area contributed by atoms with Gasteiger partial charge in [0.25, 0.3) is 5.91 Å². The van der Waals surface area contributed by atoms with Crippen LogP contribution in [0.5, 0.6) is 0 Å². The Labute approximate surface area is 120 Å². The molecular weight excluding hydrogens is 254 g/mol. The van der Waals surface area contributed by atoms with Crippen molar-refractivity contribution < 1.29 is 4.79 Å². The van der Waals surface area contributed by atoms with Crippen LogP contribution in [0.1, 0.15) is 55.5 Å². The van der Waals surface area contributed by atoms with E-state index in [0.717, 1.165) is 51.0 Å². The summed E-state index contributed by atoms with van der Waals surface area (Å²) in [5, 5.41) is 10.1. The molecule has 2 rings (SSSR count). The van der Waals surface area contributed by atoms with Crippen molar-refractivity contribution in [2.45, 2.75) is 51.5 Å². The number of aromatic nitrogens is 3. The third kappa shape index (κ3) is 3.56. The number of likely N-dealkylation sites (tertiary alicyclic amines) is 1. The second kappa shape index (κ2) is 7.38. The number of aromatic amines is 1. The predicted octanol–water partition coefficient (Wildman–Crippen LogP) is 1.36. The fourth-order valence-corrected chi connectivity index (χ4v) is 2.75. The van der Waals surface area contributed by atoms with Gasteiger partial charge in [0.1, 0.15) is 5.82 Å². The first-order chi connectivity index (χ1) is 9.76. The van der Waals surface area contributed by atoms with Gasteiger partial charge in [0.2, 0.25) is 5.82 Å². The van der Waals surface area contributed by atoms with Gasteiger partial charge in [0.05, 0.1) is 0 Å². The van der Waals surface area contributed by atoms with E-state index in [2.05, 4.69) is 27.4 Å². The zero-order valence-electron chi connectivity index (χ0n) is 12.5. The van der Waals surface area contributed by atoms with Crippen LogP contribution in [0.15, 0.2) is 0 Å². The number of piperidine rings is 1. The van der Waals surface area contributed by atoms with E-state index in [1.54, 1.807) is 0 Å². The van der Waals surface area contributed by atoms with Gasteiger partial charge in [-0.2, -0.15) is 0 Å². The summed E-state index contributed by atoms with van der Waals surface area (Å²) in [6.45, 7) is 3.84. The maximum absolute atomic E-state index is 12.6. The van der Waals surface area contributed by atoms with Gasteiger partial charge < -0.3 is 10.2 Å². The maximum Gasteiger partial charge on any atom is 0.293 e. The molecule has 0 spiro atoms. The highest BCUT2D eigenvalue weighted by molar-refractivity contribution is 5.90. The predicted molar refractivity (Wildman–Crippen MR) is 77.6 cm³/mol. The van der Waals surface area contributed by atoms with Crippen LogP contribution in [0, 0.1) is 0 Å². The molecule has 20 heavy (non-hydrogen) atoms. The lowest BCUT2D eigenvalue weighted by molar-refractivity contribution is 0.0590. The Hall–Kier alpha value is -1.43. The Morgan fingerprint density at radius 1 is 1.50 bits per heavy atom. The standard InChI is InChI=1S/C14H25N5O/c1-3-6-12-16-13(18-17-12)14(20)19-10-5-4-7-11(19)8-9-15-2/h11,15H,3-10H2,1-2H3,(H,16,17,18). The Balaban J connectivity index is 2.03. The number of nitrogens with one attached hydrogen (secondary N) is 2. The summed E-state index contributed by atoms with van der Waals surface area (Å²) in [6.07, 6.45) is 6.19. The van der Waals surface area contributed by atoms with E-state index in [-0.39, 0.29) is 5.91 Å². The number of nitrogens with zero attached hydrogens (tertiary/aromatic N) is 3. The van der Waals surface area contributed by atoms with E-state index in [1.165, 1.54) is 6.42 Å². The van der Waals surface area contributed by atoms with E-state index in [4.69, 9.17) is 0 Å². The van der Waals surface area contributed by atoms with Crippen molar-refractivity contribution in [1.29, 1.82) is 0 Å². The Kier molecular flexibility index (Phi) is 5.52. The molecule has 1 aromatic rings. The zero-order chi connectivity index (χ0) is 14.4. The second-order valence-electron chi connectivity index (χ2n) is 5.40. The van der Waals surface area contributed by atoms with E-state index < -0.39 is 0 Å². The van der Waals surface area contributed by atoms with Crippen LogP contribution in [-0.2, 0) is 6.42 Å². The highest BCUT2D eigenvalue weighted by Gasteiger charge is 2.29. The average Bonchev–Trinajstić information content (AvgIpc) is 2.94. The van der Waals surface area contributed by atoms with Crippen molar-refractivity contribution in [3.8, 4) is 0 Å². The van der Waals surface area contributed by atoms with Gasteiger partial charge in [0, 0.05) is 19.0 Å². The van der Waals surface area contributed by atoms with Gasteiger partial charge in [-0.3, -0.25) is 9.89 Å². The minimum absolute atomic E-state index is 0.0237. The summed E-state index contributed by atoms with van der Waals surface area (Å²) in [5.74, 6) is 1.11. The zero-order valence-corrected chi connectivity index (χ0v) is 12.5. The summed E-state index contributed by atoms with van der Waals surface area (Å²) in [6, 6.07) is 0.317. The van der Waals surface area contributed by atoms with Gasteiger partial charge in [-0.05, 0) is 45.7 Å². The largest absolute Gasteiger partial charge is 0.333 e. The molecule has 6 nitrogen and oxygen atoms in total. The fraction of sp³-hybridized carbons (Fsp3) is 0.786. The highest BCUT2D eigenvalue weighted by Crippen LogP contribution is 2.21. The van der Waals surface area contributed by atoms with Gasteiger partial charge in [-0.1, -0.05) is 6.92 Å². The van der Waals surface area contributed by atoms with Crippen LogP contribution < -0.4 is 5.32 Å². The number of aryl methyl sites for hydroxylation is 1. The topological polar surface area (TPSA) is 73.9 Å². The summed E-state index contributed by atoms with van der Waals surface area (Å²) >= 11 is 0. The smallest absolute Gasteiger partial charge is 0.293 e. The van der Waals surface area contributed by atoms with Crippen molar-refractivity contribution in [1.82, 2.24) is 25.4 Å². The third-order valence-electron chi connectivity index (χ3n) is 3.83. The molecule has 1 saturated heterocycles. The molecule has 6 heteroatoms. The first-order valence-corrected chi connectivity index (χ1v) is 7.63. The SMILES string of the molecule is CCCc1nc(C(=O)N2CCCCC2CCNC)n[nH]1. The molecular formula is C14H25N5O. The van der Waals surface area contributed by atoms with Gasteiger partial charge in [-0.15, -0.1) is 5.10 Å². The Morgan fingerprint density at radius 2 is 2.35 bits per heavy atom. The molecule has 2 N–H and O–H groups in total. The maximum atomic E-state index is 12.6. The average molecular weight is 279 g/mol. The van der Waals surface area contributed by atoms with E-state index in [9.17, 15) is 4.79 Å². The van der Waals surface area contributed by atoms with E-state index in [1.807, 2.05) is 11.9 Å². The Morgan fingerprint density at radius 3 is 3.10 bits per heavy atom. The number of H-pyrrole nitrogens is 1. The van der Waals surface area contributed by atoms with Crippen molar-refractivity contribution in [3.05, 3.63) is 11.6 Å². The Bertz CT molecular complexity index is 431. The lowest BCUT2D eigenvalue weighted by atomic mass is 9.99. The molecule has 0 aliphatic carbocycles. The van der Waals surface area contributed by atoms with Crippen molar-refractivity contribution in [2.24, 2.45) is 0 Å². The quantitative estimate of drug-likeness (QED) is 0.824. The summed E-state index contributed by atoms with van der Waals surface area (Å²) in [7, 11) is 1.95. The molecule has 1 aliphatic heterocycles. The van der Waals surface area contributed by atoms with Crippen LogP contribution in [0.3, 0.4) is 0 Å². The third-order valence-corrected chi connectivity index (χ3v) is 3.83. The molecule has 1 unspecified atom stereocenters. The molecule has 1 atom stereocenters. The number of amides is 1. The molecule has 0 radical (unpaired) electrons. The number of rotatable bonds is 6. The van der Waals surface area contributed by atoms with Gasteiger partial charge in [-0.25, -0.2) is 4.98 Å². The van der Waals surface area contributed by atoms with Crippen molar-refractivity contribution in [3.63, 3.8) is 0 Å². The van der Waals surface area contributed by atoms with Gasteiger partial charge in [0.15, 0.2) is 0 Å². The molecule has 0 saturated carbocycles. The van der Waals surface area contributed by atoms with Crippen LogP contribution in [0.4, 0.5) is 0 Å². The molecule has 1 aliphatic rings. The molecule has 0 aromatic carbocycles. The monoisotopic (exact) mass is 279 g/mol. The molecule has 112 valence electrons. The molecule has 0 bridgehead atoms. The number of hydrogen-bond donors (Lipinski definition) is 2.